The third-order valence-electron chi connectivity index (χ3n) is 5.46. The first kappa shape index (κ1) is 21.9. The maximum absolute atomic E-state index is 12.4. The second kappa shape index (κ2) is 7.45. The molecule has 1 aromatic heterocycles. The Kier molecular flexibility index (Phi) is 5.62. The van der Waals surface area contributed by atoms with E-state index in [1.54, 1.807) is 11.0 Å². The van der Waals surface area contributed by atoms with Crippen LogP contribution < -0.4 is 11.2 Å². The second-order valence-corrected chi connectivity index (χ2v) is 9.62. The van der Waals surface area contributed by atoms with E-state index in [0.29, 0.717) is 31.2 Å². The van der Waals surface area contributed by atoms with Crippen LogP contribution in [0, 0.1) is 0 Å². The van der Waals surface area contributed by atoms with Crippen molar-refractivity contribution in [3.8, 4) is 0 Å². The smallest absolute Gasteiger partial charge is 0.444 e. The topological polar surface area (TPSA) is 96.1 Å². The van der Waals surface area contributed by atoms with Gasteiger partial charge >= 0.3 is 13.2 Å². The summed E-state index contributed by atoms with van der Waals surface area (Å²) in [5.74, 6) is 0.352. The molecule has 0 aromatic carbocycles. The van der Waals surface area contributed by atoms with Gasteiger partial charge in [-0.05, 0) is 66.1 Å². The lowest BCUT2D eigenvalue weighted by Crippen LogP contribution is -2.45. The molecule has 2 N–H and O–H groups in total. The molecule has 1 atom stereocenters. The van der Waals surface area contributed by atoms with Gasteiger partial charge in [0.25, 0.3) is 0 Å². The molecule has 1 aromatic rings. The van der Waals surface area contributed by atoms with Crippen LogP contribution in [0.1, 0.15) is 60.3 Å². The van der Waals surface area contributed by atoms with E-state index >= 15 is 0 Å². The van der Waals surface area contributed by atoms with Crippen LogP contribution in [0.5, 0.6) is 0 Å². The lowest BCUT2D eigenvalue weighted by molar-refractivity contribution is -0.0446. The molecule has 0 radical (unpaired) electrons. The Morgan fingerprint density at radius 1 is 1.24 bits per heavy atom. The predicted octanol–water partition coefficient (Wildman–Crippen LogP) is 2.27. The van der Waals surface area contributed by atoms with E-state index < -0.39 is 30.0 Å². The SMILES string of the molecule is CC(C)(C)OC(=O)N1CCOC(c2cc(B3OC(C)(C)C(C)(C)O3)cc(N)n2)C1. The summed E-state index contributed by atoms with van der Waals surface area (Å²) in [6.45, 7) is 14.8. The van der Waals surface area contributed by atoms with Crippen LogP contribution >= 0.6 is 0 Å². The van der Waals surface area contributed by atoms with Crippen LogP contribution in [0.25, 0.3) is 0 Å². The van der Waals surface area contributed by atoms with Crippen molar-refractivity contribution in [3.05, 3.63) is 17.8 Å². The van der Waals surface area contributed by atoms with Crippen molar-refractivity contribution in [1.82, 2.24) is 9.88 Å². The van der Waals surface area contributed by atoms with Crippen molar-refractivity contribution < 1.29 is 23.6 Å². The molecule has 0 aliphatic carbocycles. The molecule has 2 aliphatic rings. The molecule has 1 amide bonds. The Morgan fingerprint density at radius 2 is 1.86 bits per heavy atom. The number of ether oxygens (including phenoxy) is 2. The summed E-state index contributed by atoms with van der Waals surface area (Å²) in [4.78, 5) is 18.5. The minimum Gasteiger partial charge on any atom is -0.444 e. The van der Waals surface area contributed by atoms with Crippen molar-refractivity contribution in [2.24, 2.45) is 0 Å². The van der Waals surface area contributed by atoms with Crippen LogP contribution in [0.4, 0.5) is 10.6 Å². The third-order valence-corrected chi connectivity index (χ3v) is 5.46. The van der Waals surface area contributed by atoms with Gasteiger partial charge in [0, 0.05) is 6.54 Å². The summed E-state index contributed by atoms with van der Waals surface area (Å²) in [5, 5.41) is 0. The molecule has 29 heavy (non-hydrogen) atoms. The van der Waals surface area contributed by atoms with Crippen molar-refractivity contribution in [3.63, 3.8) is 0 Å². The molecule has 0 saturated carbocycles. The molecule has 3 heterocycles. The molecule has 9 heteroatoms. The molecular formula is C20H32BN3O5. The van der Waals surface area contributed by atoms with Gasteiger partial charge in [-0.15, -0.1) is 0 Å². The maximum atomic E-state index is 12.4. The van der Waals surface area contributed by atoms with Crippen molar-refractivity contribution in [2.45, 2.75) is 71.4 Å². The summed E-state index contributed by atoms with van der Waals surface area (Å²) >= 11 is 0. The van der Waals surface area contributed by atoms with Crippen molar-refractivity contribution >= 4 is 24.5 Å². The van der Waals surface area contributed by atoms with Gasteiger partial charge in [0.15, 0.2) is 0 Å². The molecule has 2 aliphatic heterocycles. The number of rotatable bonds is 2. The average Bonchev–Trinajstić information content (AvgIpc) is 2.81. The molecule has 8 nitrogen and oxygen atoms in total. The lowest BCUT2D eigenvalue weighted by atomic mass is 9.79. The van der Waals surface area contributed by atoms with E-state index in [1.807, 2.05) is 54.5 Å². The number of nitrogens with two attached hydrogens (primary N) is 1. The molecule has 0 bridgehead atoms. The van der Waals surface area contributed by atoms with Crippen LogP contribution in [-0.4, -0.2) is 59.6 Å². The number of morpholine rings is 1. The highest BCUT2D eigenvalue weighted by Crippen LogP contribution is 2.36. The fourth-order valence-corrected chi connectivity index (χ4v) is 3.20. The average molecular weight is 405 g/mol. The zero-order chi connectivity index (χ0) is 21.6. The summed E-state index contributed by atoms with van der Waals surface area (Å²) in [5.41, 5.74) is 6.03. The number of carbonyl (C=O) groups excluding carboxylic acids is 1. The number of aromatic nitrogens is 1. The van der Waals surface area contributed by atoms with Crippen molar-refractivity contribution in [1.29, 1.82) is 0 Å². The van der Waals surface area contributed by atoms with E-state index in [4.69, 9.17) is 24.5 Å². The Hall–Kier alpha value is -1.84. The van der Waals surface area contributed by atoms with Crippen LogP contribution in [0.15, 0.2) is 12.1 Å². The van der Waals surface area contributed by atoms with Gasteiger partial charge in [-0.25, -0.2) is 9.78 Å². The number of amides is 1. The van der Waals surface area contributed by atoms with Crippen molar-refractivity contribution in [2.75, 3.05) is 25.4 Å². The highest BCUT2D eigenvalue weighted by molar-refractivity contribution is 6.62. The molecule has 3 rings (SSSR count). The highest BCUT2D eigenvalue weighted by Gasteiger charge is 2.52. The van der Waals surface area contributed by atoms with E-state index in [2.05, 4.69) is 4.98 Å². The van der Waals surface area contributed by atoms with E-state index in [9.17, 15) is 4.79 Å². The fraction of sp³-hybridized carbons (Fsp3) is 0.700. The fourth-order valence-electron chi connectivity index (χ4n) is 3.20. The number of nitrogens with zero attached hydrogens (tertiary/aromatic N) is 2. The first-order valence-electron chi connectivity index (χ1n) is 10.00. The van der Waals surface area contributed by atoms with Gasteiger partial charge in [0.2, 0.25) is 0 Å². The third kappa shape index (κ3) is 4.84. The normalized spacial score (nSPS) is 23.9. The molecule has 1 unspecified atom stereocenters. The van der Waals surface area contributed by atoms with Gasteiger partial charge < -0.3 is 29.4 Å². The lowest BCUT2D eigenvalue weighted by Gasteiger charge is -2.34. The van der Waals surface area contributed by atoms with Gasteiger partial charge in [0.05, 0.1) is 30.0 Å². The minimum absolute atomic E-state index is 0.341. The van der Waals surface area contributed by atoms with E-state index in [0.717, 1.165) is 5.46 Å². The molecule has 2 saturated heterocycles. The van der Waals surface area contributed by atoms with Crippen LogP contribution in [-0.2, 0) is 18.8 Å². The Bertz CT molecular complexity index is 762. The first-order chi connectivity index (χ1) is 13.3. The quantitative estimate of drug-likeness (QED) is 0.754. The van der Waals surface area contributed by atoms with Gasteiger partial charge in [-0.3, -0.25) is 0 Å². The van der Waals surface area contributed by atoms with Gasteiger partial charge in [-0.2, -0.15) is 0 Å². The summed E-state index contributed by atoms with van der Waals surface area (Å²) in [7, 11) is -0.547. The highest BCUT2D eigenvalue weighted by atomic mass is 16.7. The zero-order valence-electron chi connectivity index (χ0n) is 18.4. The largest absolute Gasteiger partial charge is 0.495 e. The van der Waals surface area contributed by atoms with E-state index in [-0.39, 0.29) is 6.09 Å². The number of hydrogen-bond donors (Lipinski definition) is 1. The maximum Gasteiger partial charge on any atom is 0.495 e. The summed E-state index contributed by atoms with van der Waals surface area (Å²) in [6, 6.07) is 3.63. The number of nitrogen functional groups attached to an aromatic ring is 1. The standard InChI is InChI=1S/C20H32BN3O5/c1-18(2,3)27-17(25)24-8-9-26-15(12-24)14-10-13(11-16(22)23-14)21-28-19(4,5)20(6,7)29-21/h10-11,15H,8-9,12H2,1-7H3,(H2,22,23). The van der Waals surface area contributed by atoms with E-state index in [1.165, 1.54) is 0 Å². The minimum atomic E-state index is -0.551. The summed E-state index contributed by atoms with van der Waals surface area (Å²) in [6.07, 6.45) is -0.762. The predicted molar refractivity (Wildman–Crippen MR) is 111 cm³/mol. The zero-order valence-corrected chi connectivity index (χ0v) is 18.4. The number of carbonyl (C=O) groups is 1. The molecule has 0 spiro atoms. The monoisotopic (exact) mass is 405 g/mol. The summed E-state index contributed by atoms with van der Waals surface area (Å²) < 4.78 is 23.6. The van der Waals surface area contributed by atoms with Crippen LogP contribution in [0.3, 0.4) is 0 Å². The Morgan fingerprint density at radius 3 is 2.45 bits per heavy atom. The molecular weight excluding hydrogens is 373 g/mol. The van der Waals surface area contributed by atoms with Crippen LogP contribution in [0.2, 0.25) is 0 Å². The number of hydrogen-bond acceptors (Lipinski definition) is 7. The van der Waals surface area contributed by atoms with Gasteiger partial charge in [-0.1, -0.05) is 0 Å². The Balaban J connectivity index is 1.79. The molecule has 2 fully saturated rings. The number of anilines is 1. The second-order valence-electron chi connectivity index (χ2n) is 9.62. The Labute approximate surface area is 173 Å². The van der Waals surface area contributed by atoms with Gasteiger partial charge in [0.1, 0.15) is 17.5 Å². The molecule has 160 valence electrons. The first-order valence-corrected chi connectivity index (χ1v) is 10.00. The number of pyridine rings is 1.